The molecule has 1 fully saturated rings. The summed E-state index contributed by atoms with van der Waals surface area (Å²) in [6.45, 7) is 2.07. The molecular weight excluding hydrogens is 336 g/mol. The highest BCUT2D eigenvalue weighted by molar-refractivity contribution is 6.30. The zero-order valence-corrected chi connectivity index (χ0v) is 14.7. The fourth-order valence-corrected chi connectivity index (χ4v) is 3.42. The maximum atomic E-state index is 13.0. The van der Waals surface area contributed by atoms with Crippen LogP contribution in [0, 0.1) is 0 Å². The zero-order chi connectivity index (χ0) is 17.4. The van der Waals surface area contributed by atoms with Crippen LogP contribution in [0.5, 0.6) is 0 Å². The third-order valence-corrected chi connectivity index (χ3v) is 5.02. The van der Waals surface area contributed by atoms with Crippen molar-refractivity contribution in [3.8, 4) is 0 Å². The molecule has 0 aliphatic heterocycles. The highest BCUT2D eigenvalue weighted by Gasteiger charge is 2.36. The lowest BCUT2D eigenvalue weighted by Crippen LogP contribution is -2.36. The zero-order valence-electron chi connectivity index (χ0n) is 14.0. The Bertz CT molecular complexity index is 899. The quantitative estimate of drug-likeness (QED) is 0.662. The molecule has 0 saturated heterocycles. The number of benzene rings is 2. The average Bonchev–Trinajstić information content (AvgIpc) is 3.37. The molecule has 128 valence electrons. The first-order chi connectivity index (χ1) is 12.1. The largest absolute Gasteiger partial charge is 0.356 e. The molecule has 1 saturated carbocycles. The first-order valence-electron chi connectivity index (χ1n) is 8.53. The minimum atomic E-state index is 0.00966. The van der Waals surface area contributed by atoms with Crippen LogP contribution in [0.1, 0.15) is 37.1 Å². The normalized spacial score (nSPS) is 15.3. The van der Waals surface area contributed by atoms with Gasteiger partial charge in [0.2, 0.25) is 5.91 Å². The molecule has 1 aliphatic carbocycles. The van der Waals surface area contributed by atoms with E-state index in [1.165, 1.54) is 0 Å². The number of hydrogen-bond acceptors (Lipinski definition) is 3. The van der Waals surface area contributed by atoms with Crippen LogP contribution in [0.4, 0.5) is 0 Å². The second-order valence-corrected chi connectivity index (χ2v) is 7.00. The second kappa shape index (κ2) is 6.52. The number of para-hydroxylation sites is 1. The fourth-order valence-electron chi connectivity index (χ4n) is 3.29. The summed E-state index contributed by atoms with van der Waals surface area (Å²) >= 11 is 5.98. The highest BCUT2D eigenvalue weighted by atomic mass is 35.5. The second-order valence-electron chi connectivity index (χ2n) is 6.56. The summed E-state index contributed by atoms with van der Waals surface area (Å²) in [7, 11) is 0. The molecule has 4 rings (SSSR count). The van der Waals surface area contributed by atoms with Crippen LogP contribution in [0.3, 0.4) is 0 Å². The van der Waals surface area contributed by atoms with Crippen molar-refractivity contribution in [2.45, 2.75) is 38.3 Å². The smallest absolute Gasteiger partial charge is 0.229 e. The molecule has 0 spiro atoms. The summed E-state index contributed by atoms with van der Waals surface area (Å²) in [4.78, 5) is 15.0. The number of amides is 1. The van der Waals surface area contributed by atoms with E-state index < -0.39 is 0 Å². The number of nitrogens with zero attached hydrogens (tertiary/aromatic N) is 2. The summed E-state index contributed by atoms with van der Waals surface area (Å²) in [6, 6.07) is 15.7. The van der Waals surface area contributed by atoms with E-state index in [1.54, 1.807) is 0 Å². The molecule has 2 aromatic carbocycles. The van der Waals surface area contributed by atoms with Gasteiger partial charge in [-0.3, -0.25) is 4.79 Å². The van der Waals surface area contributed by atoms with Crippen LogP contribution in [0.15, 0.2) is 53.1 Å². The van der Waals surface area contributed by atoms with Crippen molar-refractivity contribution in [1.29, 1.82) is 0 Å². The van der Waals surface area contributed by atoms with Gasteiger partial charge in [0.1, 0.15) is 5.69 Å². The number of hydrogen-bond donors (Lipinski definition) is 0. The molecule has 1 atom stereocenters. The van der Waals surface area contributed by atoms with Crippen molar-refractivity contribution >= 4 is 28.5 Å². The Morgan fingerprint density at radius 3 is 2.68 bits per heavy atom. The lowest BCUT2D eigenvalue weighted by atomic mass is 10.1. The predicted octanol–water partition coefficient (Wildman–Crippen LogP) is 4.78. The Labute approximate surface area is 151 Å². The molecule has 4 nitrogen and oxygen atoms in total. The highest BCUT2D eigenvalue weighted by Crippen LogP contribution is 2.35. The summed E-state index contributed by atoms with van der Waals surface area (Å²) in [5.41, 5.74) is 2.51. The fraction of sp³-hybridized carbons (Fsp3) is 0.300. The van der Waals surface area contributed by atoms with E-state index in [0.717, 1.165) is 23.8 Å². The summed E-state index contributed by atoms with van der Waals surface area (Å²) in [5.74, 6) is 0.0870. The molecule has 0 radical (unpaired) electrons. The Balaban J connectivity index is 1.58. The van der Waals surface area contributed by atoms with Crippen LogP contribution in [-0.4, -0.2) is 22.0 Å². The summed E-state index contributed by atoms with van der Waals surface area (Å²) in [6.07, 6.45) is 2.37. The van der Waals surface area contributed by atoms with Gasteiger partial charge in [0.25, 0.3) is 0 Å². The SMILES string of the molecule is CC(c1ccc(Cl)cc1)N(C(=O)Cc1noc2ccccc12)C1CC1. The molecule has 1 heterocycles. The maximum Gasteiger partial charge on any atom is 0.229 e. The van der Waals surface area contributed by atoms with E-state index in [2.05, 4.69) is 12.1 Å². The third-order valence-electron chi connectivity index (χ3n) is 4.77. The number of carbonyl (C=O) groups is 1. The maximum absolute atomic E-state index is 13.0. The summed E-state index contributed by atoms with van der Waals surface area (Å²) < 4.78 is 5.33. The van der Waals surface area contributed by atoms with Gasteiger partial charge in [0.15, 0.2) is 5.58 Å². The van der Waals surface area contributed by atoms with Crippen molar-refractivity contribution in [2.24, 2.45) is 0 Å². The van der Waals surface area contributed by atoms with Gasteiger partial charge in [-0.2, -0.15) is 0 Å². The number of fused-ring (bicyclic) bond motifs is 1. The lowest BCUT2D eigenvalue weighted by Gasteiger charge is -2.29. The molecule has 1 amide bonds. The first-order valence-corrected chi connectivity index (χ1v) is 8.91. The van der Waals surface area contributed by atoms with Gasteiger partial charge >= 0.3 is 0 Å². The van der Waals surface area contributed by atoms with Gasteiger partial charge in [0, 0.05) is 16.5 Å². The Morgan fingerprint density at radius 2 is 1.96 bits per heavy atom. The van der Waals surface area contributed by atoms with E-state index in [1.807, 2.05) is 53.4 Å². The van der Waals surface area contributed by atoms with E-state index in [9.17, 15) is 4.79 Å². The Kier molecular flexibility index (Phi) is 4.22. The molecular formula is C20H19ClN2O2. The molecule has 1 aromatic heterocycles. The number of aromatic nitrogens is 1. The van der Waals surface area contributed by atoms with Crippen molar-refractivity contribution in [3.05, 3.63) is 64.8 Å². The van der Waals surface area contributed by atoms with E-state index in [4.69, 9.17) is 16.1 Å². The van der Waals surface area contributed by atoms with Crippen molar-refractivity contribution in [1.82, 2.24) is 10.1 Å². The van der Waals surface area contributed by atoms with Crippen molar-refractivity contribution < 1.29 is 9.32 Å². The van der Waals surface area contributed by atoms with Gasteiger partial charge in [0.05, 0.1) is 12.5 Å². The molecule has 1 aliphatic rings. The first kappa shape index (κ1) is 16.2. The van der Waals surface area contributed by atoms with Gasteiger partial charge in [-0.1, -0.05) is 41.0 Å². The van der Waals surface area contributed by atoms with Crippen molar-refractivity contribution in [3.63, 3.8) is 0 Å². The van der Waals surface area contributed by atoms with Crippen LogP contribution in [0.2, 0.25) is 5.02 Å². The van der Waals surface area contributed by atoms with E-state index in [0.29, 0.717) is 22.3 Å². The molecule has 1 unspecified atom stereocenters. The Morgan fingerprint density at radius 1 is 1.24 bits per heavy atom. The summed E-state index contributed by atoms with van der Waals surface area (Å²) in [5, 5.41) is 5.71. The van der Waals surface area contributed by atoms with Gasteiger partial charge < -0.3 is 9.42 Å². The topological polar surface area (TPSA) is 46.3 Å². The van der Waals surface area contributed by atoms with Crippen LogP contribution >= 0.6 is 11.6 Å². The van der Waals surface area contributed by atoms with Gasteiger partial charge in [-0.15, -0.1) is 0 Å². The van der Waals surface area contributed by atoms with Crippen LogP contribution in [0.25, 0.3) is 11.0 Å². The molecule has 3 aromatic rings. The standard InChI is InChI=1S/C20H19ClN2O2/c1-13(14-6-8-15(21)9-7-14)23(16-10-11-16)20(24)12-18-17-4-2-3-5-19(17)25-22-18/h2-9,13,16H,10-12H2,1H3. The monoisotopic (exact) mass is 354 g/mol. The predicted molar refractivity (Wildman–Crippen MR) is 97.4 cm³/mol. The Hall–Kier alpha value is -2.33. The minimum Gasteiger partial charge on any atom is -0.356 e. The number of carbonyl (C=O) groups excluding carboxylic acids is 1. The molecule has 0 bridgehead atoms. The van der Waals surface area contributed by atoms with E-state index >= 15 is 0 Å². The van der Waals surface area contributed by atoms with Gasteiger partial charge in [-0.05, 0) is 49.6 Å². The number of halogens is 1. The lowest BCUT2D eigenvalue weighted by molar-refractivity contribution is -0.133. The minimum absolute atomic E-state index is 0.00966. The molecule has 0 N–H and O–H groups in total. The molecule has 5 heteroatoms. The average molecular weight is 355 g/mol. The number of rotatable bonds is 5. The van der Waals surface area contributed by atoms with E-state index in [-0.39, 0.29) is 18.4 Å². The third kappa shape index (κ3) is 3.27. The van der Waals surface area contributed by atoms with Crippen LogP contribution < -0.4 is 0 Å². The molecule has 25 heavy (non-hydrogen) atoms. The van der Waals surface area contributed by atoms with Crippen molar-refractivity contribution in [2.75, 3.05) is 0 Å². The van der Waals surface area contributed by atoms with Gasteiger partial charge in [-0.25, -0.2) is 0 Å². The van der Waals surface area contributed by atoms with Crippen LogP contribution in [-0.2, 0) is 11.2 Å².